The minimum absolute atomic E-state index is 0.0879. The Morgan fingerprint density at radius 1 is 1.62 bits per heavy atom. The largest absolute Gasteiger partial charge is 0.482 e. The molecule has 1 aromatic carbocycles. The Morgan fingerprint density at radius 3 is 2.88 bits per heavy atom. The highest BCUT2D eigenvalue weighted by Gasteiger charge is 2.11. The molecule has 0 aliphatic heterocycles. The Bertz CT molecular complexity index is 422. The van der Waals surface area contributed by atoms with Crippen molar-refractivity contribution in [3.63, 3.8) is 0 Å². The summed E-state index contributed by atoms with van der Waals surface area (Å²) in [7, 11) is 1.48. The third-order valence-electron chi connectivity index (χ3n) is 1.76. The van der Waals surface area contributed by atoms with Crippen molar-refractivity contribution in [1.82, 2.24) is 5.32 Å². The molecule has 0 spiro atoms. The van der Waals surface area contributed by atoms with Crippen LogP contribution in [0.4, 0.5) is 5.69 Å². The van der Waals surface area contributed by atoms with Crippen LogP contribution >= 0.6 is 15.9 Å². The summed E-state index contributed by atoms with van der Waals surface area (Å²) in [5.74, 6) is -0.0452. The summed E-state index contributed by atoms with van der Waals surface area (Å²) in [5, 5.41) is 12.9. The quantitative estimate of drug-likeness (QED) is 0.672. The number of carbonyl (C=O) groups is 1. The minimum atomic E-state index is -0.529. The van der Waals surface area contributed by atoms with Crippen LogP contribution < -0.4 is 10.1 Å². The monoisotopic (exact) mass is 288 g/mol. The Kier molecular flexibility index (Phi) is 4.24. The smallest absolute Gasteiger partial charge is 0.273 e. The SMILES string of the molecule is CNC(=O)COc1cc([N+](=O)[O-])ccc1Br. The van der Waals surface area contributed by atoms with Crippen LogP contribution in [0.5, 0.6) is 5.75 Å². The van der Waals surface area contributed by atoms with Gasteiger partial charge in [0.25, 0.3) is 11.6 Å². The molecule has 0 aliphatic rings. The lowest BCUT2D eigenvalue weighted by Gasteiger charge is -2.06. The zero-order chi connectivity index (χ0) is 12.1. The number of rotatable bonds is 4. The summed E-state index contributed by atoms with van der Waals surface area (Å²) >= 11 is 3.17. The first-order chi connectivity index (χ1) is 7.54. The maximum atomic E-state index is 10.9. The number of nitro benzene ring substituents is 1. The van der Waals surface area contributed by atoms with Gasteiger partial charge in [-0.15, -0.1) is 0 Å². The molecule has 1 aromatic rings. The van der Waals surface area contributed by atoms with Crippen LogP contribution in [0.1, 0.15) is 0 Å². The van der Waals surface area contributed by atoms with E-state index in [0.29, 0.717) is 4.47 Å². The van der Waals surface area contributed by atoms with E-state index in [1.807, 2.05) is 0 Å². The molecule has 0 saturated heterocycles. The number of hydrogen-bond acceptors (Lipinski definition) is 4. The zero-order valence-corrected chi connectivity index (χ0v) is 9.98. The lowest BCUT2D eigenvalue weighted by Crippen LogP contribution is -2.24. The number of ether oxygens (including phenoxy) is 1. The normalized spacial score (nSPS) is 9.62. The van der Waals surface area contributed by atoms with Gasteiger partial charge in [0.15, 0.2) is 6.61 Å². The average molecular weight is 289 g/mol. The standard InChI is InChI=1S/C9H9BrN2O4/c1-11-9(13)5-16-8-4-6(12(14)15)2-3-7(8)10/h2-4H,5H2,1H3,(H,11,13). The van der Waals surface area contributed by atoms with Crippen molar-refractivity contribution in [3.8, 4) is 5.75 Å². The van der Waals surface area contributed by atoms with Gasteiger partial charge in [0.05, 0.1) is 15.5 Å². The molecule has 86 valence electrons. The number of nitro groups is 1. The van der Waals surface area contributed by atoms with Crippen LogP contribution in [0.25, 0.3) is 0 Å². The Hall–Kier alpha value is -1.63. The van der Waals surface area contributed by atoms with Crippen molar-refractivity contribution in [2.45, 2.75) is 0 Å². The second-order valence-corrected chi connectivity index (χ2v) is 3.69. The van der Waals surface area contributed by atoms with Crippen LogP contribution in [-0.4, -0.2) is 24.5 Å². The number of benzene rings is 1. The van der Waals surface area contributed by atoms with E-state index in [-0.39, 0.29) is 24.0 Å². The fourth-order valence-corrected chi connectivity index (χ4v) is 1.29. The zero-order valence-electron chi connectivity index (χ0n) is 8.40. The van der Waals surface area contributed by atoms with E-state index in [0.717, 1.165) is 0 Å². The van der Waals surface area contributed by atoms with Gasteiger partial charge in [0, 0.05) is 13.1 Å². The van der Waals surface area contributed by atoms with E-state index in [2.05, 4.69) is 21.2 Å². The predicted molar refractivity (Wildman–Crippen MR) is 60.4 cm³/mol. The van der Waals surface area contributed by atoms with Crippen molar-refractivity contribution in [2.75, 3.05) is 13.7 Å². The molecule has 1 N–H and O–H groups in total. The van der Waals surface area contributed by atoms with Crippen molar-refractivity contribution >= 4 is 27.5 Å². The van der Waals surface area contributed by atoms with Crippen molar-refractivity contribution in [1.29, 1.82) is 0 Å². The fourth-order valence-electron chi connectivity index (χ4n) is 0.932. The summed E-state index contributed by atoms with van der Waals surface area (Å²) in [6.45, 7) is -0.184. The third kappa shape index (κ3) is 3.20. The number of amides is 1. The molecule has 6 nitrogen and oxygen atoms in total. The van der Waals surface area contributed by atoms with Gasteiger partial charge in [0.1, 0.15) is 5.75 Å². The van der Waals surface area contributed by atoms with Gasteiger partial charge in [-0.1, -0.05) is 0 Å². The predicted octanol–water partition coefficient (Wildman–Crippen LogP) is 1.48. The van der Waals surface area contributed by atoms with E-state index in [4.69, 9.17) is 4.74 Å². The highest BCUT2D eigenvalue weighted by Crippen LogP contribution is 2.29. The number of non-ortho nitro benzene ring substituents is 1. The Morgan fingerprint density at radius 2 is 2.31 bits per heavy atom. The van der Waals surface area contributed by atoms with E-state index in [9.17, 15) is 14.9 Å². The van der Waals surface area contributed by atoms with Crippen LogP contribution in [0.2, 0.25) is 0 Å². The fraction of sp³-hybridized carbons (Fsp3) is 0.222. The van der Waals surface area contributed by atoms with Gasteiger partial charge in [-0.05, 0) is 22.0 Å². The van der Waals surface area contributed by atoms with E-state index in [1.54, 1.807) is 0 Å². The maximum Gasteiger partial charge on any atom is 0.273 e. The summed E-state index contributed by atoms with van der Waals surface area (Å²) in [6.07, 6.45) is 0. The van der Waals surface area contributed by atoms with Gasteiger partial charge >= 0.3 is 0 Å². The molecule has 0 aromatic heterocycles. The van der Waals surface area contributed by atoms with Gasteiger partial charge in [-0.3, -0.25) is 14.9 Å². The molecule has 0 aliphatic carbocycles. The molecule has 0 fully saturated rings. The molecular formula is C9H9BrN2O4. The first-order valence-corrected chi connectivity index (χ1v) is 5.11. The summed E-state index contributed by atoms with van der Waals surface area (Å²) in [6, 6.07) is 4.10. The van der Waals surface area contributed by atoms with Gasteiger partial charge in [-0.25, -0.2) is 0 Å². The molecule has 1 amide bonds. The van der Waals surface area contributed by atoms with Gasteiger partial charge < -0.3 is 10.1 Å². The molecule has 0 atom stereocenters. The molecule has 0 bridgehead atoms. The number of halogens is 1. The third-order valence-corrected chi connectivity index (χ3v) is 2.42. The summed E-state index contributed by atoms with van der Waals surface area (Å²) < 4.78 is 5.67. The van der Waals surface area contributed by atoms with E-state index >= 15 is 0 Å². The topological polar surface area (TPSA) is 81.5 Å². The maximum absolute atomic E-state index is 10.9. The van der Waals surface area contributed by atoms with Crippen molar-refractivity contribution < 1.29 is 14.5 Å². The number of nitrogens with zero attached hydrogens (tertiary/aromatic N) is 1. The molecule has 7 heteroatoms. The second-order valence-electron chi connectivity index (χ2n) is 2.83. The lowest BCUT2D eigenvalue weighted by atomic mass is 10.3. The second kappa shape index (κ2) is 5.45. The first-order valence-electron chi connectivity index (χ1n) is 4.32. The van der Waals surface area contributed by atoms with Gasteiger partial charge in [-0.2, -0.15) is 0 Å². The molecule has 0 unspecified atom stereocenters. The van der Waals surface area contributed by atoms with Gasteiger partial charge in [0.2, 0.25) is 0 Å². The number of likely N-dealkylation sites (N-methyl/N-ethyl adjacent to an activating group) is 1. The first kappa shape index (κ1) is 12.4. The highest BCUT2D eigenvalue weighted by atomic mass is 79.9. The van der Waals surface area contributed by atoms with Crippen molar-refractivity contribution in [3.05, 3.63) is 32.8 Å². The highest BCUT2D eigenvalue weighted by molar-refractivity contribution is 9.10. The average Bonchev–Trinajstić information content (AvgIpc) is 2.27. The summed E-state index contributed by atoms with van der Waals surface area (Å²) in [4.78, 5) is 20.9. The van der Waals surface area contributed by atoms with Crippen molar-refractivity contribution in [2.24, 2.45) is 0 Å². The minimum Gasteiger partial charge on any atom is -0.482 e. The number of nitrogens with one attached hydrogen (secondary N) is 1. The lowest BCUT2D eigenvalue weighted by molar-refractivity contribution is -0.385. The molecule has 16 heavy (non-hydrogen) atoms. The molecular weight excluding hydrogens is 280 g/mol. The van der Waals surface area contributed by atoms with E-state index < -0.39 is 4.92 Å². The van der Waals surface area contributed by atoms with Crippen LogP contribution in [0.3, 0.4) is 0 Å². The van der Waals surface area contributed by atoms with E-state index in [1.165, 1.54) is 25.2 Å². The number of carbonyl (C=O) groups excluding carboxylic acids is 1. The Balaban J connectivity index is 2.82. The molecule has 1 rings (SSSR count). The molecule has 0 saturated carbocycles. The van der Waals surface area contributed by atoms with Crippen LogP contribution in [-0.2, 0) is 4.79 Å². The number of hydrogen-bond donors (Lipinski definition) is 1. The summed E-state index contributed by atoms with van der Waals surface area (Å²) in [5.41, 5.74) is -0.0879. The molecule has 0 radical (unpaired) electrons. The molecule has 0 heterocycles. The van der Waals surface area contributed by atoms with Crippen LogP contribution in [0.15, 0.2) is 22.7 Å². The van der Waals surface area contributed by atoms with Crippen LogP contribution in [0, 0.1) is 10.1 Å². The Labute approximate surface area is 99.9 Å².